The van der Waals surface area contributed by atoms with Gasteiger partial charge in [0, 0.05) is 12.0 Å². The molecule has 5 unspecified atom stereocenters. The van der Waals surface area contributed by atoms with Crippen LogP contribution in [0.15, 0.2) is 53.1 Å². The van der Waals surface area contributed by atoms with E-state index in [2.05, 4.69) is 26.0 Å². The standard InChI is InChI=1S/C29H40O6/c1-28(11-23(16-33)5-24(12-28)17-34)29(2,26-8-21(14-31)4-22(9-26)15-32)25-6-19(10-27-18-35-27)3-20(7-25)13-30/h4-6,8-9,11,20,25,27,30-34H,3,7,10,12-18H2,1-2H3. The predicted molar refractivity (Wildman–Crippen MR) is 134 cm³/mol. The van der Waals surface area contributed by atoms with Crippen LogP contribution in [0.3, 0.4) is 0 Å². The van der Waals surface area contributed by atoms with Crippen LogP contribution in [0, 0.1) is 17.3 Å². The summed E-state index contributed by atoms with van der Waals surface area (Å²) in [6.07, 6.45) is 9.80. The van der Waals surface area contributed by atoms with Gasteiger partial charge >= 0.3 is 0 Å². The van der Waals surface area contributed by atoms with Gasteiger partial charge in [-0.25, -0.2) is 0 Å². The average molecular weight is 485 g/mol. The minimum atomic E-state index is -0.513. The molecule has 1 fully saturated rings. The van der Waals surface area contributed by atoms with Crippen molar-refractivity contribution < 1.29 is 30.3 Å². The normalized spacial score (nSPS) is 30.3. The lowest BCUT2D eigenvalue weighted by Gasteiger charge is -2.53. The maximum absolute atomic E-state index is 10.2. The molecule has 0 aromatic heterocycles. The smallest absolute Gasteiger partial charge is 0.0846 e. The van der Waals surface area contributed by atoms with E-state index in [9.17, 15) is 25.5 Å². The molecule has 6 heteroatoms. The van der Waals surface area contributed by atoms with Crippen molar-refractivity contribution in [1.29, 1.82) is 0 Å². The lowest BCUT2D eigenvalue weighted by Crippen LogP contribution is -2.48. The summed E-state index contributed by atoms with van der Waals surface area (Å²) in [5.41, 5.74) is 4.46. The molecule has 1 heterocycles. The first-order valence-corrected chi connectivity index (χ1v) is 12.7. The maximum atomic E-state index is 10.2. The molecule has 0 saturated carbocycles. The van der Waals surface area contributed by atoms with Crippen molar-refractivity contribution >= 4 is 0 Å². The molecule has 6 nitrogen and oxygen atoms in total. The Balaban J connectivity index is 1.90. The van der Waals surface area contributed by atoms with E-state index in [1.54, 1.807) is 0 Å². The number of hydrogen-bond acceptors (Lipinski definition) is 6. The van der Waals surface area contributed by atoms with E-state index in [1.165, 1.54) is 5.57 Å². The fourth-order valence-corrected chi connectivity index (χ4v) is 6.43. The number of epoxide rings is 1. The minimum absolute atomic E-state index is 0.0573. The zero-order valence-electron chi connectivity index (χ0n) is 20.9. The van der Waals surface area contributed by atoms with Crippen LogP contribution < -0.4 is 0 Å². The van der Waals surface area contributed by atoms with Crippen LogP contribution in [0.2, 0.25) is 0 Å². The summed E-state index contributed by atoms with van der Waals surface area (Å²) in [4.78, 5) is 0. The molecule has 0 radical (unpaired) electrons. The van der Waals surface area contributed by atoms with Gasteiger partial charge in [-0.2, -0.15) is 0 Å². The Kier molecular flexibility index (Phi) is 8.01. The van der Waals surface area contributed by atoms with Gasteiger partial charge in [0.25, 0.3) is 0 Å². The second kappa shape index (κ2) is 10.7. The van der Waals surface area contributed by atoms with Gasteiger partial charge in [-0.15, -0.1) is 0 Å². The SMILES string of the molecule is CC1(C(C)(c2cc(CO)cc(CO)c2)C2C=C(CC3CO3)CC(CO)C2)C=C(CO)C=C(CO)C1. The van der Waals surface area contributed by atoms with Gasteiger partial charge < -0.3 is 30.3 Å². The fraction of sp³-hybridized carbons (Fsp3) is 0.586. The molecule has 1 aromatic rings. The number of hydrogen-bond donors (Lipinski definition) is 5. The third-order valence-corrected chi connectivity index (χ3v) is 8.54. The van der Waals surface area contributed by atoms with Crippen molar-refractivity contribution in [1.82, 2.24) is 0 Å². The quantitative estimate of drug-likeness (QED) is 0.258. The van der Waals surface area contributed by atoms with Crippen molar-refractivity contribution in [2.45, 2.75) is 64.3 Å². The lowest BCUT2D eigenvalue weighted by molar-refractivity contribution is 0.107. The van der Waals surface area contributed by atoms with E-state index in [4.69, 9.17) is 4.74 Å². The summed E-state index contributed by atoms with van der Waals surface area (Å²) >= 11 is 0. The van der Waals surface area contributed by atoms with Crippen LogP contribution in [0.5, 0.6) is 0 Å². The van der Waals surface area contributed by atoms with E-state index in [1.807, 2.05) is 24.3 Å². The van der Waals surface area contributed by atoms with Gasteiger partial charge in [-0.1, -0.05) is 55.8 Å². The van der Waals surface area contributed by atoms with E-state index in [-0.39, 0.29) is 51.0 Å². The largest absolute Gasteiger partial charge is 0.396 e. The van der Waals surface area contributed by atoms with Gasteiger partial charge in [-0.05, 0) is 70.8 Å². The first kappa shape index (κ1) is 26.3. The second-order valence-electron chi connectivity index (χ2n) is 11.1. The Morgan fingerprint density at radius 3 is 2.20 bits per heavy atom. The van der Waals surface area contributed by atoms with E-state index < -0.39 is 10.8 Å². The summed E-state index contributed by atoms with van der Waals surface area (Å²) in [5.74, 6) is 0.194. The zero-order chi connectivity index (χ0) is 25.2. The summed E-state index contributed by atoms with van der Waals surface area (Å²) in [6, 6.07) is 5.87. The first-order chi connectivity index (χ1) is 16.8. The van der Waals surface area contributed by atoms with Gasteiger partial charge in [0.2, 0.25) is 0 Å². The van der Waals surface area contributed by atoms with Crippen molar-refractivity contribution in [3.05, 3.63) is 69.8 Å². The van der Waals surface area contributed by atoms with Gasteiger partial charge in [0.1, 0.15) is 0 Å². The van der Waals surface area contributed by atoms with Crippen LogP contribution in [0.4, 0.5) is 0 Å². The first-order valence-electron chi connectivity index (χ1n) is 12.7. The Labute approximate surface area is 208 Å². The third kappa shape index (κ3) is 5.33. The highest BCUT2D eigenvalue weighted by Crippen LogP contribution is 2.57. The molecule has 35 heavy (non-hydrogen) atoms. The Morgan fingerprint density at radius 2 is 1.66 bits per heavy atom. The van der Waals surface area contributed by atoms with Crippen LogP contribution in [0.25, 0.3) is 0 Å². The monoisotopic (exact) mass is 484 g/mol. The van der Waals surface area contributed by atoms with Crippen molar-refractivity contribution in [3.8, 4) is 0 Å². The number of allylic oxidation sites excluding steroid dienone is 2. The van der Waals surface area contributed by atoms with Crippen molar-refractivity contribution in [2.24, 2.45) is 17.3 Å². The second-order valence-corrected chi connectivity index (χ2v) is 11.1. The molecule has 1 aliphatic heterocycles. The zero-order valence-corrected chi connectivity index (χ0v) is 20.9. The molecule has 1 aromatic carbocycles. The molecule has 4 rings (SSSR count). The van der Waals surface area contributed by atoms with E-state index in [0.29, 0.717) is 6.42 Å². The number of aliphatic hydroxyl groups is 5. The van der Waals surface area contributed by atoms with Gasteiger partial charge in [0.05, 0.1) is 39.1 Å². The Morgan fingerprint density at radius 1 is 0.971 bits per heavy atom. The highest BCUT2D eigenvalue weighted by atomic mass is 16.6. The Hall–Kier alpha value is -1.80. The van der Waals surface area contributed by atoms with Crippen LogP contribution >= 0.6 is 0 Å². The number of benzene rings is 1. The molecular weight excluding hydrogens is 444 g/mol. The summed E-state index contributed by atoms with van der Waals surface area (Å²) in [5, 5.41) is 50.3. The van der Waals surface area contributed by atoms with Crippen molar-refractivity contribution in [3.63, 3.8) is 0 Å². The topological polar surface area (TPSA) is 114 Å². The van der Waals surface area contributed by atoms with Crippen LogP contribution in [-0.2, 0) is 23.4 Å². The molecule has 3 aliphatic rings. The summed E-state index contributed by atoms with van der Waals surface area (Å²) in [6.45, 7) is 4.85. The van der Waals surface area contributed by atoms with Crippen molar-refractivity contribution in [2.75, 3.05) is 26.4 Å². The third-order valence-electron chi connectivity index (χ3n) is 8.54. The molecule has 1 saturated heterocycles. The lowest BCUT2D eigenvalue weighted by atomic mass is 9.50. The number of ether oxygens (including phenoxy) is 1. The van der Waals surface area contributed by atoms with Crippen LogP contribution in [0.1, 0.15) is 56.2 Å². The highest BCUT2D eigenvalue weighted by molar-refractivity contribution is 5.44. The molecule has 2 aliphatic carbocycles. The number of aliphatic hydroxyl groups excluding tert-OH is 5. The molecular formula is C29H40O6. The molecule has 5 N–H and O–H groups in total. The highest BCUT2D eigenvalue weighted by Gasteiger charge is 2.51. The molecule has 0 amide bonds. The molecule has 5 atom stereocenters. The summed E-state index contributed by atoms with van der Waals surface area (Å²) < 4.78 is 5.51. The molecule has 0 bridgehead atoms. The maximum Gasteiger partial charge on any atom is 0.0846 e. The van der Waals surface area contributed by atoms with E-state index in [0.717, 1.165) is 53.7 Å². The minimum Gasteiger partial charge on any atom is -0.396 e. The Bertz CT molecular complexity index is 984. The number of rotatable bonds is 10. The van der Waals surface area contributed by atoms with Gasteiger partial charge in [-0.3, -0.25) is 0 Å². The fourth-order valence-electron chi connectivity index (χ4n) is 6.43. The van der Waals surface area contributed by atoms with E-state index >= 15 is 0 Å². The average Bonchev–Trinajstić information content (AvgIpc) is 3.70. The predicted octanol–water partition coefficient (Wildman–Crippen LogP) is 2.91. The van der Waals surface area contributed by atoms with Gasteiger partial charge in [0.15, 0.2) is 0 Å². The summed E-state index contributed by atoms with van der Waals surface area (Å²) in [7, 11) is 0. The van der Waals surface area contributed by atoms with Crippen LogP contribution in [-0.4, -0.2) is 58.1 Å². The molecule has 192 valence electrons. The molecule has 0 spiro atoms.